The zero-order chi connectivity index (χ0) is 12.0. The molecule has 0 saturated carbocycles. The average molecular weight is 276 g/mol. The molecule has 0 spiro atoms. The summed E-state index contributed by atoms with van der Waals surface area (Å²) in [6.07, 6.45) is 0. The Bertz CT molecular complexity index is 349. The minimum atomic E-state index is 0. The number of halogens is 2. The van der Waals surface area contributed by atoms with Crippen molar-refractivity contribution in [2.45, 2.75) is 19.8 Å². The molecule has 0 aliphatic heterocycles. The van der Waals surface area contributed by atoms with Crippen LogP contribution in [0, 0.1) is 0 Å². The lowest BCUT2D eigenvalue weighted by atomic mass is 9.94. The lowest BCUT2D eigenvalue weighted by Gasteiger charge is -2.14. The van der Waals surface area contributed by atoms with E-state index >= 15 is 0 Å². The van der Waals surface area contributed by atoms with Gasteiger partial charge in [0.25, 0.3) is 0 Å². The highest BCUT2D eigenvalue weighted by atomic mass is 35.5. The first-order chi connectivity index (χ1) is 7.72. The molecule has 0 radical (unpaired) electrons. The monoisotopic (exact) mass is 275 g/mol. The molecule has 1 atom stereocenters. The Morgan fingerprint density at radius 3 is 2.41 bits per heavy atom. The number of benzene rings is 1. The van der Waals surface area contributed by atoms with E-state index in [4.69, 9.17) is 22.1 Å². The molecule has 0 aliphatic rings. The molecule has 0 heterocycles. The molecule has 1 aromatic carbocycles. The van der Waals surface area contributed by atoms with Crippen LogP contribution in [0.4, 0.5) is 0 Å². The summed E-state index contributed by atoms with van der Waals surface area (Å²) < 4.78 is 5.39. The van der Waals surface area contributed by atoms with Crippen LogP contribution in [0.5, 0.6) is 5.75 Å². The van der Waals surface area contributed by atoms with Crippen molar-refractivity contribution in [1.82, 2.24) is 0 Å². The fourth-order valence-electron chi connectivity index (χ4n) is 1.55. The van der Waals surface area contributed by atoms with E-state index in [2.05, 4.69) is 6.92 Å². The van der Waals surface area contributed by atoms with Crippen LogP contribution in [-0.2, 0) is 0 Å². The van der Waals surface area contributed by atoms with E-state index in [1.165, 1.54) is 5.56 Å². The number of nitrogens with two attached hydrogens (primary N) is 1. The number of rotatable bonds is 5. The van der Waals surface area contributed by atoms with E-state index in [1.54, 1.807) is 5.54 Å². The Hall–Kier alpha value is -0.700. The van der Waals surface area contributed by atoms with Gasteiger partial charge in [-0.15, -0.1) is 12.4 Å². The van der Waals surface area contributed by atoms with Gasteiger partial charge < -0.3 is 10.5 Å². The second-order valence-corrected chi connectivity index (χ2v) is 3.83. The molecule has 1 unspecified atom stereocenters. The molecule has 0 fully saturated rings. The Balaban J connectivity index is 0.00000256. The van der Waals surface area contributed by atoms with Crippen molar-refractivity contribution < 1.29 is 4.74 Å². The average Bonchev–Trinajstić information content (AvgIpc) is 2.32. The molecule has 0 bridgehead atoms. The molecule has 0 aromatic heterocycles. The molecule has 96 valence electrons. The first-order valence-electron chi connectivity index (χ1n) is 5.44. The zero-order valence-corrected chi connectivity index (χ0v) is 11.7. The van der Waals surface area contributed by atoms with Crippen molar-refractivity contribution in [3.8, 4) is 5.75 Å². The van der Waals surface area contributed by atoms with Crippen LogP contribution in [0.2, 0.25) is 0 Å². The largest absolute Gasteiger partial charge is 0.494 e. The number of ether oxygens (including phenoxy) is 1. The molecule has 4 heteroatoms. The normalized spacial score (nSPS) is 12.8. The smallest absolute Gasteiger partial charge is 0.119 e. The zero-order valence-electron chi connectivity index (χ0n) is 10.2. The molecule has 2 nitrogen and oxygen atoms in total. The third kappa shape index (κ3) is 4.58. The maximum atomic E-state index is 5.73. The van der Waals surface area contributed by atoms with Crippen molar-refractivity contribution in [1.29, 1.82) is 0 Å². The summed E-state index contributed by atoms with van der Waals surface area (Å²) in [4.78, 5) is 0. The molecular weight excluding hydrogens is 257 g/mol. The summed E-state index contributed by atoms with van der Waals surface area (Å²) in [7, 11) is 0. The van der Waals surface area contributed by atoms with Gasteiger partial charge in [0.1, 0.15) is 5.75 Å². The van der Waals surface area contributed by atoms with Crippen LogP contribution in [0.3, 0.4) is 0 Å². The second kappa shape index (κ2) is 8.40. The van der Waals surface area contributed by atoms with Gasteiger partial charge in [0, 0.05) is 18.0 Å². The molecule has 17 heavy (non-hydrogen) atoms. The predicted molar refractivity (Wildman–Crippen MR) is 76.3 cm³/mol. The van der Waals surface area contributed by atoms with Crippen LogP contribution in [0.1, 0.15) is 25.3 Å². The highest BCUT2D eigenvalue weighted by molar-refractivity contribution is 6.25. The van der Waals surface area contributed by atoms with Gasteiger partial charge in [0.15, 0.2) is 0 Å². The van der Waals surface area contributed by atoms with Crippen molar-refractivity contribution >= 4 is 24.0 Å². The van der Waals surface area contributed by atoms with Gasteiger partial charge in [-0.05, 0) is 30.2 Å². The lowest BCUT2D eigenvalue weighted by molar-refractivity contribution is 0.340. The molecule has 2 N–H and O–H groups in total. The highest BCUT2D eigenvalue weighted by Crippen LogP contribution is 2.25. The summed E-state index contributed by atoms with van der Waals surface area (Å²) in [6.45, 7) is 5.23. The van der Waals surface area contributed by atoms with Gasteiger partial charge in [-0.1, -0.05) is 30.7 Å². The maximum absolute atomic E-state index is 5.73. The lowest BCUT2D eigenvalue weighted by Crippen LogP contribution is -2.09. The summed E-state index contributed by atoms with van der Waals surface area (Å²) in [5, 5.41) is 0. The van der Waals surface area contributed by atoms with E-state index in [0.717, 1.165) is 11.3 Å². The van der Waals surface area contributed by atoms with Crippen molar-refractivity contribution in [3.63, 3.8) is 0 Å². The minimum Gasteiger partial charge on any atom is -0.494 e. The van der Waals surface area contributed by atoms with E-state index in [1.807, 2.05) is 31.2 Å². The Morgan fingerprint density at radius 1 is 1.41 bits per heavy atom. The predicted octanol–water partition coefficient (Wildman–Crippen LogP) is 3.69. The van der Waals surface area contributed by atoms with Crippen LogP contribution in [0.25, 0.3) is 0 Å². The summed E-state index contributed by atoms with van der Waals surface area (Å²) in [5.41, 5.74) is 9.42. The topological polar surface area (TPSA) is 35.2 Å². The third-order valence-corrected chi connectivity index (χ3v) is 2.90. The Morgan fingerprint density at radius 2 is 2.00 bits per heavy atom. The molecule has 0 aliphatic carbocycles. The summed E-state index contributed by atoms with van der Waals surface area (Å²) >= 11 is 5.73. The quantitative estimate of drug-likeness (QED) is 0.890. The van der Waals surface area contributed by atoms with Crippen LogP contribution in [0.15, 0.2) is 35.4 Å². The molecule has 0 amide bonds. The van der Waals surface area contributed by atoms with Crippen molar-refractivity contribution in [2.24, 2.45) is 5.73 Å². The molecular formula is C13H19Cl2NO. The van der Waals surface area contributed by atoms with Gasteiger partial charge >= 0.3 is 0 Å². The van der Waals surface area contributed by atoms with Crippen molar-refractivity contribution in [2.75, 3.05) is 13.2 Å². The van der Waals surface area contributed by atoms with E-state index in [9.17, 15) is 0 Å². The SMILES string of the molecule is CCOc1ccc(C(C)/C(=C/Cl)CN)cc1.Cl. The van der Waals surface area contributed by atoms with Crippen LogP contribution >= 0.6 is 24.0 Å². The van der Waals surface area contributed by atoms with E-state index in [0.29, 0.717) is 13.2 Å². The fourth-order valence-corrected chi connectivity index (χ4v) is 1.83. The maximum Gasteiger partial charge on any atom is 0.119 e. The van der Waals surface area contributed by atoms with Crippen molar-refractivity contribution in [3.05, 3.63) is 40.9 Å². The fraction of sp³-hybridized carbons (Fsp3) is 0.385. The Labute approximate surface area is 114 Å². The standard InChI is InChI=1S/C13H18ClNO.ClH/c1-3-16-13-6-4-11(5-7-13)10(2)12(8-14)9-15;/h4-8,10H,3,9,15H2,1-2H3;1H/b12-8+;. The molecule has 1 aromatic rings. The van der Waals surface area contributed by atoms with Gasteiger partial charge in [-0.25, -0.2) is 0 Å². The van der Waals surface area contributed by atoms with E-state index < -0.39 is 0 Å². The Kier molecular flexibility index (Phi) is 8.05. The second-order valence-electron chi connectivity index (χ2n) is 3.61. The number of hydrogen-bond donors (Lipinski definition) is 1. The first kappa shape index (κ1) is 16.3. The minimum absolute atomic E-state index is 0. The first-order valence-corrected chi connectivity index (χ1v) is 5.88. The summed E-state index contributed by atoms with van der Waals surface area (Å²) in [6, 6.07) is 8.03. The van der Waals surface area contributed by atoms with E-state index in [-0.39, 0.29) is 18.3 Å². The van der Waals surface area contributed by atoms with Gasteiger partial charge in [0.05, 0.1) is 6.61 Å². The number of hydrogen-bond acceptors (Lipinski definition) is 2. The van der Waals surface area contributed by atoms with Crippen LogP contribution < -0.4 is 10.5 Å². The highest BCUT2D eigenvalue weighted by Gasteiger charge is 2.09. The molecule has 0 saturated heterocycles. The summed E-state index contributed by atoms with van der Waals surface area (Å²) in [5.74, 6) is 1.14. The molecule has 1 rings (SSSR count). The van der Waals surface area contributed by atoms with Gasteiger partial charge in [-0.3, -0.25) is 0 Å². The van der Waals surface area contributed by atoms with Crippen LogP contribution in [-0.4, -0.2) is 13.2 Å². The third-order valence-electron chi connectivity index (χ3n) is 2.62. The van der Waals surface area contributed by atoms with Gasteiger partial charge in [0.2, 0.25) is 0 Å². The van der Waals surface area contributed by atoms with Gasteiger partial charge in [-0.2, -0.15) is 0 Å².